The van der Waals surface area contributed by atoms with Crippen LogP contribution >= 0.6 is 0 Å². The summed E-state index contributed by atoms with van der Waals surface area (Å²) in [7, 11) is 0. The number of ether oxygens (including phenoxy) is 1. The number of benzene rings is 2. The summed E-state index contributed by atoms with van der Waals surface area (Å²) in [6.45, 7) is 8.70. The molecule has 0 aliphatic carbocycles. The lowest BCUT2D eigenvalue weighted by Crippen LogP contribution is -2.48. The Morgan fingerprint density at radius 2 is 1.92 bits per heavy atom. The van der Waals surface area contributed by atoms with Crippen LogP contribution in [0.3, 0.4) is 0 Å². The van der Waals surface area contributed by atoms with Gasteiger partial charge in [0.25, 0.3) is 0 Å². The zero-order valence-corrected chi connectivity index (χ0v) is 22.3. The highest BCUT2D eigenvalue weighted by molar-refractivity contribution is 5.92. The number of amides is 1. The molecule has 0 bridgehead atoms. The van der Waals surface area contributed by atoms with Crippen molar-refractivity contribution in [2.75, 3.05) is 6.61 Å². The number of fused-ring (bicyclic) bond motifs is 1. The van der Waals surface area contributed by atoms with Crippen molar-refractivity contribution in [2.24, 2.45) is 0 Å². The lowest BCUT2D eigenvalue weighted by Gasteiger charge is -2.34. The Labute approximate surface area is 223 Å². The molecule has 1 atom stereocenters. The van der Waals surface area contributed by atoms with E-state index in [0.717, 1.165) is 28.1 Å². The summed E-state index contributed by atoms with van der Waals surface area (Å²) < 4.78 is 11.9. The molecule has 2 heterocycles. The van der Waals surface area contributed by atoms with E-state index < -0.39 is 12.0 Å². The van der Waals surface area contributed by atoms with Crippen molar-refractivity contribution in [1.29, 1.82) is 0 Å². The molecule has 7 heteroatoms. The molecule has 0 unspecified atom stereocenters. The second-order valence-corrected chi connectivity index (χ2v) is 9.74. The molecule has 0 saturated heterocycles. The number of carbonyl (C=O) groups is 2. The van der Waals surface area contributed by atoms with Gasteiger partial charge < -0.3 is 19.2 Å². The Hall–Kier alpha value is -4.13. The molecule has 198 valence electrons. The predicted molar refractivity (Wildman–Crippen MR) is 146 cm³/mol. The summed E-state index contributed by atoms with van der Waals surface area (Å²) in [5.74, 6) is 1.16. The molecule has 4 rings (SSSR count). The average Bonchev–Trinajstić information content (AvgIpc) is 3.28. The predicted octanol–water partition coefficient (Wildman–Crippen LogP) is 5.87. The Morgan fingerprint density at radius 3 is 2.61 bits per heavy atom. The first-order chi connectivity index (χ1) is 18.3. The van der Waals surface area contributed by atoms with E-state index in [-0.39, 0.29) is 18.9 Å². The number of oxazole rings is 1. The van der Waals surface area contributed by atoms with E-state index in [1.807, 2.05) is 44.2 Å². The van der Waals surface area contributed by atoms with E-state index in [1.165, 1.54) is 16.5 Å². The normalized spacial score (nSPS) is 15.4. The number of rotatable bonds is 9. The standard InChI is InChI=1S/C31H34N2O5/c1-5-6-7-8-29(34)33-19-25-17-26(14-13-24(25)18-28(33)31(35)36)37-16-15-27-21(4)38-30(32-27)23-11-9-22(10-12-23)20(2)3/h5-14,17,20,28H,15-16,18-19H2,1-4H3,(H,35,36)/b6-5+,8-7+/t28-/m0/s1. The van der Waals surface area contributed by atoms with Gasteiger partial charge in [-0.25, -0.2) is 9.78 Å². The van der Waals surface area contributed by atoms with Gasteiger partial charge in [-0.15, -0.1) is 0 Å². The Bertz CT molecular complexity index is 1350. The molecule has 0 radical (unpaired) electrons. The topological polar surface area (TPSA) is 92.9 Å². The monoisotopic (exact) mass is 514 g/mol. The number of hydrogen-bond acceptors (Lipinski definition) is 5. The number of hydrogen-bond donors (Lipinski definition) is 1. The fraction of sp³-hybridized carbons (Fsp3) is 0.323. The lowest BCUT2D eigenvalue weighted by molar-refractivity contribution is -0.149. The third kappa shape index (κ3) is 6.22. The number of carboxylic acids is 1. The maximum Gasteiger partial charge on any atom is 0.326 e. The number of aryl methyl sites for hydroxylation is 1. The number of nitrogens with zero attached hydrogens (tertiary/aromatic N) is 2. The zero-order chi connectivity index (χ0) is 27.2. The van der Waals surface area contributed by atoms with Gasteiger partial charge in [0, 0.05) is 31.0 Å². The van der Waals surface area contributed by atoms with Gasteiger partial charge in [-0.2, -0.15) is 0 Å². The van der Waals surface area contributed by atoms with Crippen molar-refractivity contribution in [3.8, 4) is 17.2 Å². The van der Waals surface area contributed by atoms with Crippen molar-refractivity contribution in [3.05, 3.63) is 94.9 Å². The molecule has 7 nitrogen and oxygen atoms in total. The molecule has 1 aliphatic heterocycles. The molecule has 38 heavy (non-hydrogen) atoms. The summed E-state index contributed by atoms with van der Waals surface area (Å²) in [5, 5.41) is 9.69. The number of aliphatic carboxylic acids is 1. The first kappa shape index (κ1) is 26.9. The maximum absolute atomic E-state index is 12.7. The van der Waals surface area contributed by atoms with Crippen molar-refractivity contribution in [3.63, 3.8) is 0 Å². The highest BCUT2D eigenvalue weighted by Gasteiger charge is 2.33. The van der Waals surface area contributed by atoms with E-state index >= 15 is 0 Å². The molecular formula is C31H34N2O5. The van der Waals surface area contributed by atoms with Crippen molar-refractivity contribution >= 4 is 11.9 Å². The van der Waals surface area contributed by atoms with Crippen LogP contribution in [-0.4, -0.2) is 39.5 Å². The SMILES string of the molecule is C/C=C/C=C/C(=O)N1Cc2cc(OCCc3nc(-c4ccc(C(C)C)cc4)oc3C)ccc2C[C@H]1C(=O)O. The highest BCUT2D eigenvalue weighted by atomic mass is 16.5. The number of aromatic nitrogens is 1. The number of allylic oxidation sites excluding steroid dienone is 3. The zero-order valence-electron chi connectivity index (χ0n) is 22.3. The smallest absolute Gasteiger partial charge is 0.326 e. The summed E-state index contributed by atoms with van der Waals surface area (Å²) in [5.41, 5.74) is 4.86. The minimum absolute atomic E-state index is 0.212. The largest absolute Gasteiger partial charge is 0.493 e. The van der Waals surface area contributed by atoms with Crippen molar-refractivity contribution in [2.45, 2.75) is 59.0 Å². The van der Waals surface area contributed by atoms with Crippen LogP contribution in [0.4, 0.5) is 0 Å². The summed E-state index contributed by atoms with van der Waals surface area (Å²) in [6.07, 6.45) is 7.40. The molecule has 0 saturated carbocycles. The van der Waals surface area contributed by atoms with Crippen molar-refractivity contribution in [1.82, 2.24) is 9.88 Å². The van der Waals surface area contributed by atoms with E-state index in [2.05, 4.69) is 31.0 Å². The average molecular weight is 515 g/mol. The van der Waals surface area contributed by atoms with Crippen LogP contribution in [0.5, 0.6) is 5.75 Å². The minimum atomic E-state index is -1.01. The van der Waals surface area contributed by atoms with Crippen LogP contribution in [-0.2, 0) is 29.0 Å². The molecule has 1 N–H and O–H groups in total. The number of carboxylic acid groups (broad SMARTS) is 1. The second-order valence-electron chi connectivity index (χ2n) is 9.74. The third-order valence-corrected chi connectivity index (χ3v) is 6.74. The van der Waals surface area contributed by atoms with Gasteiger partial charge in [-0.05, 0) is 60.7 Å². The fourth-order valence-corrected chi connectivity index (χ4v) is 4.51. The molecule has 3 aromatic rings. The maximum atomic E-state index is 12.7. The molecule has 0 fully saturated rings. The van der Waals surface area contributed by atoms with E-state index in [1.54, 1.807) is 18.2 Å². The van der Waals surface area contributed by atoms with Gasteiger partial charge in [-0.3, -0.25) is 4.79 Å². The molecule has 1 amide bonds. The fourth-order valence-electron chi connectivity index (χ4n) is 4.51. The molecular weight excluding hydrogens is 480 g/mol. The molecule has 1 aromatic heterocycles. The first-order valence-electron chi connectivity index (χ1n) is 12.9. The summed E-state index contributed by atoms with van der Waals surface area (Å²) in [4.78, 5) is 30.6. The summed E-state index contributed by atoms with van der Waals surface area (Å²) in [6, 6.07) is 13.0. The molecule has 2 aromatic carbocycles. The van der Waals surface area contributed by atoms with E-state index in [9.17, 15) is 14.7 Å². The van der Waals surface area contributed by atoms with E-state index in [4.69, 9.17) is 9.15 Å². The Kier molecular flexibility index (Phi) is 8.46. The summed E-state index contributed by atoms with van der Waals surface area (Å²) >= 11 is 0. The van der Waals surface area contributed by atoms with E-state index in [0.29, 0.717) is 30.6 Å². The van der Waals surface area contributed by atoms with Crippen molar-refractivity contribution < 1.29 is 23.8 Å². The highest BCUT2D eigenvalue weighted by Crippen LogP contribution is 2.28. The Balaban J connectivity index is 1.41. The van der Waals surface area contributed by atoms with Crippen LogP contribution in [0.2, 0.25) is 0 Å². The quantitative estimate of drug-likeness (QED) is 0.284. The number of carbonyl (C=O) groups excluding carboxylic acids is 1. The van der Waals surface area contributed by atoms with Crippen LogP contribution in [0, 0.1) is 6.92 Å². The Morgan fingerprint density at radius 1 is 1.16 bits per heavy atom. The minimum Gasteiger partial charge on any atom is -0.493 e. The van der Waals surface area contributed by atoms with Crippen LogP contribution in [0.25, 0.3) is 11.5 Å². The molecule has 0 spiro atoms. The van der Waals surface area contributed by atoms with Gasteiger partial charge in [0.15, 0.2) is 0 Å². The van der Waals surface area contributed by atoms with Crippen LogP contribution < -0.4 is 4.74 Å². The first-order valence-corrected chi connectivity index (χ1v) is 12.9. The van der Waals surface area contributed by atoms with Gasteiger partial charge in [-0.1, -0.05) is 50.3 Å². The second kappa shape index (κ2) is 11.9. The lowest BCUT2D eigenvalue weighted by atomic mass is 9.93. The van der Waals surface area contributed by atoms with Gasteiger partial charge in [0.1, 0.15) is 17.6 Å². The van der Waals surface area contributed by atoms with Gasteiger partial charge >= 0.3 is 5.97 Å². The third-order valence-electron chi connectivity index (χ3n) is 6.74. The van der Waals surface area contributed by atoms with Gasteiger partial charge in [0.2, 0.25) is 11.8 Å². The van der Waals surface area contributed by atoms with Crippen LogP contribution in [0.1, 0.15) is 54.8 Å². The molecule has 1 aliphatic rings. The van der Waals surface area contributed by atoms with Crippen LogP contribution in [0.15, 0.2) is 71.2 Å². The van der Waals surface area contributed by atoms with Gasteiger partial charge in [0.05, 0.1) is 12.3 Å².